The molecule has 1 atom stereocenters. The van der Waals surface area contributed by atoms with Crippen molar-refractivity contribution >= 4 is 23.8 Å². The Labute approximate surface area is 124 Å². The van der Waals surface area contributed by atoms with Crippen LogP contribution in [0.2, 0.25) is 0 Å². The molecular formula is C14H24N2O3S. The van der Waals surface area contributed by atoms with Crippen LogP contribution in [-0.4, -0.2) is 52.1 Å². The molecule has 0 aromatic rings. The van der Waals surface area contributed by atoms with Crippen LogP contribution in [0.4, 0.5) is 4.79 Å². The van der Waals surface area contributed by atoms with Crippen molar-refractivity contribution < 1.29 is 14.7 Å². The molecule has 1 unspecified atom stereocenters. The summed E-state index contributed by atoms with van der Waals surface area (Å²) in [6, 6.07) is 0.0172. The summed E-state index contributed by atoms with van der Waals surface area (Å²) in [6.45, 7) is 2.90. The number of rotatable bonds is 3. The highest BCUT2D eigenvalue weighted by Crippen LogP contribution is 2.24. The van der Waals surface area contributed by atoms with E-state index in [4.69, 9.17) is 5.11 Å². The third kappa shape index (κ3) is 4.30. The fourth-order valence-corrected chi connectivity index (χ4v) is 4.02. The van der Waals surface area contributed by atoms with Gasteiger partial charge in [-0.15, -0.1) is 0 Å². The van der Waals surface area contributed by atoms with Gasteiger partial charge in [0.05, 0.1) is 12.5 Å². The van der Waals surface area contributed by atoms with Gasteiger partial charge in [-0.1, -0.05) is 6.92 Å². The number of nitrogens with zero attached hydrogens (tertiary/aromatic N) is 1. The number of aliphatic carboxylic acids is 1. The van der Waals surface area contributed by atoms with E-state index in [1.54, 1.807) is 16.7 Å². The Bertz CT molecular complexity index is 356. The van der Waals surface area contributed by atoms with Gasteiger partial charge in [-0.25, -0.2) is 4.79 Å². The van der Waals surface area contributed by atoms with Crippen LogP contribution in [0.1, 0.15) is 39.0 Å². The monoisotopic (exact) mass is 300 g/mol. The highest BCUT2D eigenvalue weighted by Gasteiger charge is 2.30. The number of amides is 2. The molecule has 2 N–H and O–H groups in total. The zero-order valence-corrected chi connectivity index (χ0v) is 12.8. The fraction of sp³-hybridized carbons (Fsp3) is 0.857. The largest absolute Gasteiger partial charge is 0.481 e. The van der Waals surface area contributed by atoms with E-state index in [0.29, 0.717) is 6.54 Å². The average molecular weight is 300 g/mol. The lowest BCUT2D eigenvalue weighted by atomic mass is 9.87. The number of hydrogen-bond acceptors (Lipinski definition) is 3. The van der Waals surface area contributed by atoms with Crippen LogP contribution >= 0.6 is 11.8 Å². The molecule has 1 aliphatic heterocycles. The minimum Gasteiger partial charge on any atom is -0.481 e. The van der Waals surface area contributed by atoms with Gasteiger partial charge in [-0.05, 0) is 31.6 Å². The van der Waals surface area contributed by atoms with E-state index in [1.165, 1.54) is 12.8 Å². The van der Waals surface area contributed by atoms with Gasteiger partial charge in [0, 0.05) is 24.1 Å². The highest BCUT2D eigenvalue weighted by atomic mass is 32.2. The zero-order valence-electron chi connectivity index (χ0n) is 12.0. The molecule has 2 aliphatic rings. The molecule has 114 valence electrons. The Hall–Kier alpha value is -0.910. The minimum absolute atomic E-state index is 0.0438. The molecule has 6 heteroatoms. The topological polar surface area (TPSA) is 69.6 Å². The minimum atomic E-state index is -0.832. The van der Waals surface area contributed by atoms with Gasteiger partial charge in [0.15, 0.2) is 0 Å². The van der Waals surface area contributed by atoms with Gasteiger partial charge in [0.25, 0.3) is 0 Å². The SMILES string of the molecule is CC1CCC(NC(=O)N2CCSCC2CC(=O)O)CC1. The Morgan fingerprint density at radius 1 is 1.30 bits per heavy atom. The lowest BCUT2D eigenvalue weighted by Gasteiger charge is -2.36. The molecular weight excluding hydrogens is 276 g/mol. The first-order chi connectivity index (χ1) is 9.56. The molecule has 5 nitrogen and oxygen atoms in total. The molecule has 0 aromatic carbocycles. The lowest BCUT2D eigenvalue weighted by molar-refractivity contribution is -0.138. The molecule has 0 aromatic heterocycles. The van der Waals surface area contributed by atoms with Gasteiger partial charge >= 0.3 is 12.0 Å². The number of hydrogen-bond donors (Lipinski definition) is 2. The first kappa shape index (κ1) is 15.5. The zero-order chi connectivity index (χ0) is 14.5. The van der Waals surface area contributed by atoms with Crippen LogP contribution in [0.3, 0.4) is 0 Å². The van der Waals surface area contributed by atoms with Crippen LogP contribution in [0, 0.1) is 5.92 Å². The van der Waals surface area contributed by atoms with Crippen molar-refractivity contribution in [1.82, 2.24) is 10.2 Å². The Kier molecular flexibility index (Phi) is 5.57. The second kappa shape index (κ2) is 7.20. The summed E-state index contributed by atoms with van der Waals surface area (Å²) in [4.78, 5) is 25.0. The molecule has 0 bridgehead atoms. The number of carbonyl (C=O) groups excluding carboxylic acids is 1. The Morgan fingerprint density at radius 2 is 2.00 bits per heavy atom. The molecule has 1 saturated heterocycles. The summed E-state index contributed by atoms with van der Waals surface area (Å²) in [7, 11) is 0. The van der Waals surface area contributed by atoms with E-state index in [2.05, 4.69) is 12.2 Å². The molecule has 20 heavy (non-hydrogen) atoms. The summed E-state index contributed by atoms with van der Waals surface area (Å²) in [5.74, 6) is 1.54. The van der Waals surface area contributed by atoms with Crippen molar-refractivity contribution in [2.24, 2.45) is 5.92 Å². The van der Waals surface area contributed by atoms with Gasteiger partial charge < -0.3 is 15.3 Å². The van der Waals surface area contributed by atoms with E-state index in [0.717, 1.165) is 30.3 Å². The number of carboxylic acids is 1. The molecule has 0 spiro atoms. The number of thioether (sulfide) groups is 1. The number of nitrogens with one attached hydrogen (secondary N) is 1. The summed E-state index contributed by atoms with van der Waals surface area (Å²) in [5, 5.41) is 12.0. The molecule has 0 radical (unpaired) electrons. The average Bonchev–Trinajstić information content (AvgIpc) is 2.41. The maximum atomic E-state index is 12.4. The van der Waals surface area contributed by atoms with E-state index >= 15 is 0 Å². The van der Waals surface area contributed by atoms with Gasteiger partial charge in [0.1, 0.15) is 0 Å². The molecule has 1 heterocycles. The van der Waals surface area contributed by atoms with Crippen molar-refractivity contribution in [1.29, 1.82) is 0 Å². The number of carbonyl (C=O) groups is 2. The maximum absolute atomic E-state index is 12.4. The summed E-state index contributed by atoms with van der Waals surface area (Å²) in [6.07, 6.45) is 4.46. The molecule has 2 amide bonds. The van der Waals surface area contributed by atoms with E-state index in [9.17, 15) is 9.59 Å². The van der Waals surface area contributed by atoms with Crippen molar-refractivity contribution in [3.05, 3.63) is 0 Å². The summed E-state index contributed by atoms with van der Waals surface area (Å²) < 4.78 is 0. The predicted octanol–water partition coefficient (Wildman–Crippen LogP) is 2.17. The predicted molar refractivity (Wildman–Crippen MR) is 80.0 cm³/mol. The highest BCUT2D eigenvalue weighted by molar-refractivity contribution is 7.99. The van der Waals surface area contributed by atoms with Gasteiger partial charge in [-0.2, -0.15) is 11.8 Å². The first-order valence-corrected chi connectivity index (χ1v) is 8.58. The van der Waals surface area contributed by atoms with Crippen molar-refractivity contribution in [3.8, 4) is 0 Å². The second-order valence-corrected chi connectivity index (χ2v) is 7.08. The maximum Gasteiger partial charge on any atom is 0.317 e. The number of carboxylic acid groups (broad SMARTS) is 1. The quantitative estimate of drug-likeness (QED) is 0.838. The van der Waals surface area contributed by atoms with Crippen LogP contribution in [-0.2, 0) is 4.79 Å². The standard InChI is InChI=1S/C14H24N2O3S/c1-10-2-4-11(5-3-10)15-14(19)16-6-7-20-9-12(16)8-13(17)18/h10-12H,2-9H2,1H3,(H,15,19)(H,17,18). The Morgan fingerprint density at radius 3 is 2.65 bits per heavy atom. The second-order valence-electron chi connectivity index (χ2n) is 5.93. The van der Waals surface area contributed by atoms with Crippen molar-refractivity contribution in [2.45, 2.75) is 51.1 Å². The lowest BCUT2D eigenvalue weighted by Crippen LogP contribution is -2.53. The normalized spacial score (nSPS) is 30.9. The Balaban J connectivity index is 1.87. The van der Waals surface area contributed by atoms with Gasteiger partial charge in [0.2, 0.25) is 0 Å². The molecule has 2 rings (SSSR count). The van der Waals surface area contributed by atoms with Crippen LogP contribution in [0.15, 0.2) is 0 Å². The fourth-order valence-electron chi connectivity index (χ4n) is 2.95. The summed E-state index contributed by atoms with van der Waals surface area (Å²) in [5.41, 5.74) is 0. The molecule has 2 fully saturated rings. The van der Waals surface area contributed by atoms with Crippen LogP contribution in [0.25, 0.3) is 0 Å². The van der Waals surface area contributed by atoms with Crippen molar-refractivity contribution in [2.75, 3.05) is 18.1 Å². The third-order valence-electron chi connectivity index (χ3n) is 4.24. The van der Waals surface area contributed by atoms with E-state index in [1.807, 2.05) is 0 Å². The number of urea groups is 1. The summed E-state index contributed by atoms with van der Waals surface area (Å²) >= 11 is 1.73. The van der Waals surface area contributed by atoms with E-state index in [-0.39, 0.29) is 24.5 Å². The van der Waals surface area contributed by atoms with Crippen molar-refractivity contribution in [3.63, 3.8) is 0 Å². The smallest absolute Gasteiger partial charge is 0.317 e. The van der Waals surface area contributed by atoms with Gasteiger partial charge in [-0.3, -0.25) is 4.79 Å². The van der Waals surface area contributed by atoms with E-state index < -0.39 is 5.97 Å². The first-order valence-electron chi connectivity index (χ1n) is 7.43. The third-order valence-corrected chi connectivity index (χ3v) is 5.33. The van der Waals surface area contributed by atoms with Crippen LogP contribution in [0.5, 0.6) is 0 Å². The molecule has 1 saturated carbocycles. The van der Waals surface area contributed by atoms with Crippen LogP contribution < -0.4 is 5.32 Å². The molecule has 1 aliphatic carbocycles.